The molecular formula is C13H21N3O2. The molecule has 0 aromatic carbocycles. The van der Waals surface area contributed by atoms with Crippen LogP contribution in [0.5, 0.6) is 0 Å². The highest BCUT2D eigenvalue weighted by molar-refractivity contribution is 5.76. The number of carbonyl (C=O) groups excluding carboxylic acids is 1. The second-order valence-electron chi connectivity index (χ2n) is 4.35. The minimum Gasteiger partial charge on any atom is -0.383 e. The molecule has 0 spiro atoms. The molecule has 0 aliphatic heterocycles. The molecule has 18 heavy (non-hydrogen) atoms. The van der Waals surface area contributed by atoms with Crippen molar-refractivity contribution in [2.24, 2.45) is 5.73 Å². The van der Waals surface area contributed by atoms with E-state index in [1.165, 1.54) is 0 Å². The lowest BCUT2D eigenvalue weighted by atomic mass is 10.2. The number of hydrogen-bond donors (Lipinski definition) is 1. The van der Waals surface area contributed by atoms with Crippen LogP contribution in [0.25, 0.3) is 0 Å². The van der Waals surface area contributed by atoms with E-state index >= 15 is 0 Å². The highest BCUT2D eigenvalue weighted by Gasteiger charge is 2.15. The van der Waals surface area contributed by atoms with Crippen LogP contribution < -0.4 is 5.73 Å². The van der Waals surface area contributed by atoms with Crippen molar-refractivity contribution in [1.82, 2.24) is 9.88 Å². The van der Waals surface area contributed by atoms with Gasteiger partial charge < -0.3 is 15.4 Å². The van der Waals surface area contributed by atoms with Gasteiger partial charge in [0.1, 0.15) is 0 Å². The standard InChI is InChI=1S/C13H21N3O2/c1-11(14)8-13(17)16(6-7-18-2)10-12-4-3-5-15-9-12/h3-5,9,11H,6-8,10,14H2,1-2H3. The van der Waals surface area contributed by atoms with Gasteiger partial charge in [-0.05, 0) is 18.6 Å². The number of hydrogen-bond acceptors (Lipinski definition) is 4. The number of carbonyl (C=O) groups is 1. The zero-order chi connectivity index (χ0) is 13.4. The SMILES string of the molecule is COCCN(Cc1cccnc1)C(=O)CC(C)N. The second-order valence-corrected chi connectivity index (χ2v) is 4.35. The third-order valence-electron chi connectivity index (χ3n) is 2.51. The number of methoxy groups -OCH3 is 1. The van der Waals surface area contributed by atoms with Crippen LogP contribution in [0.15, 0.2) is 24.5 Å². The maximum atomic E-state index is 12.0. The van der Waals surface area contributed by atoms with Crippen molar-refractivity contribution in [2.45, 2.75) is 25.9 Å². The Bertz CT molecular complexity index is 355. The average Bonchev–Trinajstić information content (AvgIpc) is 2.34. The van der Waals surface area contributed by atoms with Crippen LogP contribution in [0.3, 0.4) is 0 Å². The largest absolute Gasteiger partial charge is 0.383 e. The van der Waals surface area contributed by atoms with Gasteiger partial charge in [0.2, 0.25) is 5.91 Å². The summed E-state index contributed by atoms with van der Waals surface area (Å²) in [6, 6.07) is 3.68. The summed E-state index contributed by atoms with van der Waals surface area (Å²) in [6.07, 6.45) is 3.83. The second kappa shape index (κ2) is 7.79. The van der Waals surface area contributed by atoms with Crippen molar-refractivity contribution >= 4 is 5.91 Å². The molecule has 1 aromatic heterocycles. The van der Waals surface area contributed by atoms with Crippen LogP contribution in [-0.2, 0) is 16.1 Å². The third-order valence-corrected chi connectivity index (χ3v) is 2.51. The number of pyridine rings is 1. The molecular weight excluding hydrogens is 230 g/mol. The van der Waals surface area contributed by atoms with Crippen LogP contribution in [0.1, 0.15) is 18.9 Å². The molecule has 0 radical (unpaired) electrons. The van der Waals surface area contributed by atoms with Gasteiger partial charge in [0.25, 0.3) is 0 Å². The Balaban J connectivity index is 2.63. The fraction of sp³-hybridized carbons (Fsp3) is 0.538. The molecule has 0 saturated carbocycles. The van der Waals surface area contributed by atoms with Gasteiger partial charge in [-0.1, -0.05) is 6.07 Å². The summed E-state index contributed by atoms with van der Waals surface area (Å²) in [5.41, 5.74) is 6.67. The minimum absolute atomic E-state index is 0.0471. The molecule has 1 heterocycles. The molecule has 0 fully saturated rings. The van der Waals surface area contributed by atoms with Crippen LogP contribution in [0, 0.1) is 0 Å². The van der Waals surface area contributed by atoms with E-state index in [0.29, 0.717) is 26.1 Å². The molecule has 100 valence electrons. The monoisotopic (exact) mass is 251 g/mol. The number of aromatic nitrogens is 1. The molecule has 1 atom stereocenters. The van der Waals surface area contributed by atoms with Gasteiger partial charge in [0.15, 0.2) is 0 Å². The fourth-order valence-corrected chi connectivity index (χ4v) is 1.61. The van der Waals surface area contributed by atoms with E-state index in [1.54, 1.807) is 24.4 Å². The van der Waals surface area contributed by atoms with E-state index in [0.717, 1.165) is 5.56 Å². The van der Waals surface area contributed by atoms with Crippen molar-refractivity contribution in [2.75, 3.05) is 20.3 Å². The van der Waals surface area contributed by atoms with E-state index < -0.39 is 0 Å². The Morgan fingerprint density at radius 1 is 1.61 bits per heavy atom. The molecule has 0 bridgehead atoms. The Labute approximate surface area is 108 Å². The first-order chi connectivity index (χ1) is 8.63. The average molecular weight is 251 g/mol. The molecule has 5 heteroatoms. The van der Waals surface area contributed by atoms with Crippen molar-refractivity contribution in [1.29, 1.82) is 0 Å². The minimum atomic E-state index is -0.128. The first-order valence-electron chi connectivity index (χ1n) is 6.04. The highest BCUT2D eigenvalue weighted by Crippen LogP contribution is 2.05. The van der Waals surface area contributed by atoms with E-state index in [2.05, 4.69) is 4.98 Å². The van der Waals surface area contributed by atoms with Crippen LogP contribution in [0.4, 0.5) is 0 Å². The zero-order valence-electron chi connectivity index (χ0n) is 11.0. The van der Waals surface area contributed by atoms with Gasteiger partial charge in [-0.3, -0.25) is 9.78 Å². The lowest BCUT2D eigenvalue weighted by Crippen LogP contribution is -2.36. The van der Waals surface area contributed by atoms with E-state index in [4.69, 9.17) is 10.5 Å². The van der Waals surface area contributed by atoms with Crippen molar-refractivity contribution in [3.05, 3.63) is 30.1 Å². The summed E-state index contributed by atoms with van der Waals surface area (Å²) in [6.45, 7) is 3.46. The predicted molar refractivity (Wildman–Crippen MR) is 69.8 cm³/mol. The Hall–Kier alpha value is -1.46. The number of nitrogens with two attached hydrogens (primary N) is 1. The van der Waals surface area contributed by atoms with Crippen molar-refractivity contribution in [3.63, 3.8) is 0 Å². The fourth-order valence-electron chi connectivity index (χ4n) is 1.61. The Kier molecular flexibility index (Phi) is 6.32. The summed E-state index contributed by atoms with van der Waals surface area (Å²) < 4.78 is 5.02. The Morgan fingerprint density at radius 3 is 2.94 bits per heavy atom. The molecule has 1 rings (SSSR count). The summed E-state index contributed by atoms with van der Waals surface area (Å²) in [7, 11) is 1.62. The van der Waals surface area contributed by atoms with Gasteiger partial charge >= 0.3 is 0 Å². The molecule has 1 amide bonds. The van der Waals surface area contributed by atoms with Gasteiger partial charge in [-0.15, -0.1) is 0 Å². The lowest BCUT2D eigenvalue weighted by Gasteiger charge is -2.23. The predicted octanol–water partition coefficient (Wildman–Crippen LogP) is 0.794. The highest BCUT2D eigenvalue weighted by atomic mass is 16.5. The number of ether oxygens (including phenoxy) is 1. The first-order valence-corrected chi connectivity index (χ1v) is 6.04. The molecule has 1 aromatic rings. The number of nitrogens with zero attached hydrogens (tertiary/aromatic N) is 2. The van der Waals surface area contributed by atoms with Crippen molar-refractivity contribution < 1.29 is 9.53 Å². The van der Waals surface area contributed by atoms with E-state index in [1.807, 2.05) is 19.1 Å². The lowest BCUT2D eigenvalue weighted by molar-refractivity contribution is -0.132. The normalized spacial score (nSPS) is 12.2. The van der Waals surface area contributed by atoms with Gasteiger partial charge in [-0.2, -0.15) is 0 Å². The number of amides is 1. The van der Waals surface area contributed by atoms with Crippen LogP contribution >= 0.6 is 0 Å². The summed E-state index contributed by atoms with van der Waals surface area (Å²) >= 11 is 0. The van der Waals surface area contributed by atoms with Crippen LogP contribution in [-0.4, -0.2) is 42.1 Å². The molecule has 5 nitrogen and oxygen atoms in total. The third kappa shape index (κ3) is 5.25. The summed E-state index contributed by atoms with van der Waals surface area (Å²) in [5, 5.41) is 0. The molecule has 0 aliphatic carbocycles. The maximum Gasteiger partial charge on any atom is 0.224 e. The van der Waals surface area contributed by atoms with E-state index in [9.17, 15) is 4.79 Å². The summed E-state index contributed by atoms with van der Waals surface area (Å²) in [5.74, 6) is 0.0471. The summed E-state index contributed by atoms with van der Waals surface area (Å²) in [4.78, 5) is 17.8. The maximum absolute atomic E-state index is 12.0. The smallest absolute Gasteiger partial charge is 0.224 e. The van der Waals surface area contributed by atoms with Crippen LogP contribution in [0.2, 0.25) is 0 Å². The zero-order valence-corrected chi connectivity index (χ0v) is 11.0. The molecule has 0 saturated heterocycles. The molecule has 1 unspecified atom stereocenters. The quantitative estimate of drug-likeness (QED) is 0.778. The molecule has 2 N–H and O–H groups in total. The number of rotatable bonds is 7. The van der Waals surface area contributed by atoms with Crippen molar-refractivity contribution in [3.8, 4) is 0 Å². The Morgan fingerprint density at radius 2 is 2.39 bits per heavy atom. The first kappa shape index (κ1) is 14.6. The van der Waals surface area contributed by atoms with Gasteiger partial charge in [-0.25, -0.2) is 0 Å². The van der Waals surface area contributed by atoms with E-state index in [-0.39, 0.29) is 11.9 Å². The molecule has 0 aliphatic rings. The topological polar surface area (TPSA) is 68.5 Å². The van der Waals surface area contributed by atoms with Gasteiger partial charge in [0, 0.05) is 45.1 Å². The van der Waals surface area contributed by atoms with Gasteiger partial charge in [0.05, 0.1) is 6.61 Å².